The maximum Gasteiger partial charge on any atom is 0.00988 e. The number of piperidine rings is 1. The van der Waals surface area contributed by atoms with E-state index in [0.29, 0.717) is 5.41 Å². The maximum absolute atomic E-state index is 3.68. The predicted molar refractivity (Wildman–Crippen MR) is 74.2 cm³/mol. The zero-order chi connectivity index (χ0) is 12.5. The summed E-state index contributed by atoms with van der Waals surface area (Å²) in [6, 6.07) is 1.78. The van der Waals surface area contributed by atoms with Crippen molar-refractivity contribution < 1.29 is 0 Å². The third kappa shape index (κ3) is 3.69. The summed E-state index contributed by atoms with van der Waals surface area (Å²) >= 11 is 0. The van der Waals surface area contributed by atoms with Gasteiger partial charge in [-0.25, -0.2) is 0 Å². The Morgan fingerprint density at radius 1 is 1.12 bits per heavy atom. The molecule has 0 radical (unpaired) electrons. The van der Waals surface area contributed by atoms with Gasteiger partial charge in [0.1, 0.15) is 0 Å². The fourth-order valence-corrected chi connectivity index (χ4v) is 3.46. The number of rotatable bonds is 4. The average molecular weight is 238 g/mol. The molecule has 2 heteroatoms. The third-order valence-electron chi connectivity index (χ3n) is 4.68. The first-order valence-electron chi connectivity index (χ1n) is 7.38. The van der Waals surface area contributed by atoms with E-state index < -0.39 is 0 Å². The van der Waals surface area contributed by atoms with Crippen LogP contribution in [0.3, 0.4) is 0 Å². The Bertz CT molecular complexity index is 230. The van der Waals surface area contributed by atoms with Crippen molar-refractivity contribution in [2.45, 2.75) is 65.0 Å². The van der Waals surface area contributed by atoms with E-state index in [0.717, 1.165) is 18.0 Å². The van der Waals surface area contributed by atoms with Crippen LogP contribution in [0.25, 0.3) is 0 Å². The van der Waals surface area contributed by atoms with Crippen LogP contribution in [0.15, 0.2) is 0 Å². The van der Waals surface area contributed by atoms with E-state index in [1.807, 2.05) is 0 Å². The molecule has 0 amide bonds. The Hall–Kier alpha value is -0.0800. The Labute approximate surface area is 107 Å². The van der Waals surface area contributed by atoms with Crippen LogP contribution in [0.1, 0.15) is 52.9 Å². The normalized spacial score (nSPS) is 34.2. The van der Waals surface area contributed by atoms with E-state index in [2.05, 4.69) is 38.0 Å². The largest absolute Gasteiger partial charge is 0.316 e. The van der Waals surface area contributed by atoms with Crippen molar-refractivity contribution in [3.05, 3.63) is 0 Å². The third-order valence-corrected chi connectivity index (χ3v) is 4.68. The van der Waals surface area contributed by atoms with Gasteiger partial charge in [0.2, 0.25) is 0 Å². The number of hydrogen-bond acceptors (Lipinski definition) is 2. The fourth-order valence-electron chi connectivity index (χ4n) is 3.46. The molecule has 2 heterocycles. The van der Waals surface area contributed by atoms with E-state index in [-0.39, 0.29) is 0 Å². The molecule has 2 bridgehead atoms. The van der Waals surface area contributed by atoms with Crippen LogP contribution in [0.5, 0.6) is 0 Å². The first-order chi connectivity index (χ1) is 7.96. The molecule has 2 saturated heterocycles. The molecule has 0 aliphatic carbocycles. The second kappa shape index (κ2) is 5.27. The van der Waals surface area contributed by atoms with Gasteiger partial charge < -0.3 is 10.2 Å². The highest BCUT2D eigenvalue weighted by Crippen LogP contribution is 2.36. The Balaban J connectivity index is 1.65. The van der Waals surface area contributed by atoms with E-state index in [1.54, 1.807) is 0 Å². The van der Waals surface area contributed by atoms with Crippen LogP contribution in [-0.4, -0.2) is 37.1 Å². The zero-order valence-corrected chi connectivity index (χ0v) is 12.1. The first-order valence-corrected chi connectivity index (χ1v) is 7.38. The second-order valence-electron chi connectivity index (χ2n) is 7.40. The quantitative estimate of drug-likeness (QED) is 0.758. The molecule has 2 aliphatic heterocycles. The van der Waals surface area contributed by atoms with Crippen LogP contribution >= 0.6 is 0 Å². The molecule has 1 N–H and O–H groups in total. The van der Waals surface area contributed by atoms with Crippen molar-refractivity contribution in [2.75, 3.05) is 20.1 Å². The highest BCUT2D eigenvalue weighted by atomic mass is 15.2. The van der Waals surface area contributed by atoms with Gasteiger partial charge in [-0.05, 0) is 63.6 Å². The first kappa shape index (κ1) is 13.4. The van der Waals surface area contributed by atoms with Crippen molar-refractivity contribution in [1.29, 1.82) is 0 Å². The van der Waals surface area contributed by atoms with E-state index in [9.17, 15) is 0 Å². The lowest BCUT2D eigenvalue weighted by molar-refractivity contribution is 0.132. The summed E-state index contributed by atoms with van der Waals surface area (Å²) in [5, 5.41) is 3.68. The molecule has 2 rings (SSSR count). The molecule has 2 aliphatic rings. The zero-order valence-electron chi connectivity index (χ0n) is 12.1. The van der Waals surface area contributed by atoms with Crippen molar-refractivity contribution in [3.8, 4) is 0 Å². The van der Waals surface area contributed by atoms with Gasteiger partial charge in [-0.3, -0.25) is 0 Å². The van der Waals surface area contributed by atoms with Crippen LogP contribution in [0, 0.1) is 11.3 Å². The number of hydrogen-bond donors (Lipinski definition) is 1. The highest BCUT2D eigenvalue weighted by molar-refractivity contribution is 4.93. The number of nitrogens with one attached hydrogen (secondary N) is 1. The van der Waals surface area contributed by atoms with Gasteiger partial charge in [0.05, 0.1) is 0 Å². The van der Waals surface area contributed by atoms with Crippen LogP contribution < -0.4 is 5.32 Å². The van der Waals surface area contributed by atoms with Gasteiger partial charge in [-0.1, -0.05) is 20.8 Å². The lowest BCUT2D eigenvalue weighted by Crippen LogP contribution is -2.42. The predicted octanol–water partition coefficient (Wildman–Crippen LogP) is 2.89. The molecular formula is C15H30N2. The second-order valence-corrected chi connectivity index (χ2v) is 7.40. The van der Waals surface area contributed by atoms with Crippen molar-refractivity contribution >= 4 is 0 Å². The monoisotopic (exact) mass is 238 g/mol. The Kier molecular flexibility index (Phi) is 4.14. The molecule has 2 atom stereocenters. The molecule has 0 aromatic rings. The summed E-state index contributed by atoms with van der Waals surface area (Å²) in [5.41, 5.74) is 0.471. The van der Waals surface area contributed by atoms with Gasteiger partial charge in [-0.15, -0.1) is 0 Å². The lowest BCUT2D eigenvalue weighted by atomic mass is 9.90. The average Bonchev–Trinajstić information content (AvgIpc) is 2.49. The van der Waals surface area contributed by atoms with Gasteiger partial charge in [-0.2, -0.15) is 0 Å². The van der Waals surface area contributed by atoms with E-state index in [4.69, 9.17) is 0 Å². The molecule has 2 unspecified atom stereocenters. The summed E-state index contributed by atoms with van der Waals surface area (Å²) in [6.45, 7) is 9.40. The Morgan fingerprint density at radius 2 is 1.71 bits per heavy atom. The van der Waals surface area contributed by atoms with Crippen molar-refractivity contribution in [1.82, 2.24) is 10.2 Å². The summed E-state index contributed by atoms with van der Waals surface area (Å²) in [7, 11) is 2.32. The summed E-state index contributed by atoms with van der Waals surface area (Å²) in [4.78, 5) is 2.63. The van der Waals surface area contributed by atoms with E-state index >= 15 is 0 Å². The van der Waals surface area contributed by atoms with Crippen LogP contribution in [-0.2, 0) is 0 Å². The lowest BCUT2D eigenvalue weighted by Gasteiger charge is -2.36. The molecule has 100 valence electrons. The molecule has 2 fully saturated rings. The molecule has 0 spiro atoms. The molecule has 0 aromatic heterocycles. The van der Waals surface area contributed by atoms with Gasteiger partial charge in [0.25, 0.3) is 0 Å². The summed E-state index contributed by atoms with van der Waals surface area (Å²) in [5.74, 6) is 0.934. The number of nitrogens with zero attached hydrogens (tertiary/aromatic N) is 1. The minimum absolute atomic E-state index is 0.471. The highest BCUT2D eigenvalue weighted by Gasteiger charge is 2.37. The Morgan fingerprint density at radius 3 is 2.24 bits per heavy atom. The standard InChI is InChI=1S/C15H30N2/c1-15(2,3)7-8-16-11-12-9-13-5-6-14(10-12)17(13)4/h12-14,16H,5-11H2,1-4H3. The maximum atomic E-state index is 3.68. The number of fused-ring (bicyclic) bond motifs is 2. The topological polar surface area (TPSA) is 15.3 Å². The molecule has 17 heavy (non-hydrogen) atoms. The smallest absolute Gasteiger partial charge is 0.00988 e. The molecule has 2 nitrogen and oxygen atoms in total. The molecular weight excluding hydrogens is 208 g/mol. The van der Waals surface area contributed by atoms with Gasteiger partial charge >= 0.3 is 0 Å². The minimum atomic E-state index is 0.471. The van der Waals surface area contributed by atoms with Crippen LogP contribution in [0.4, 0.5) is 0 Å². The molecule has 0 aromatic carbocycles. The van der Waals surface area contributed by atoms with Gasteiger partial charge in [0, 0.05) is 12.1 Å². The van der Waals surface area contributed by atoms with E-state index in [1.165, 1.54) is 45.2 Å². The van der Waals surface area contributed by atoms with Crippen molar-refractivity contribution in [3.63, 3.8) is 0 Å². The van der Waals surface area contributed by atoms with Crippen LogP contribution in [0.2, 0.25) is 0 Å². The SMILES string of the molecule is CN1C2CCC1CC(CNCCC(C)(C)C)C2. The fraction of sp³-hybridized carbons (Fsp3) is 1.00. The summed E-state index contributed by atoms with van der Waals surface area (Å²) < 4.78 is 0. The van der Waals surface area contributed by atoms with Crippen molar-refractivity contribution in [2.24, 2.45) is 11.3 Å². The minimum Gasteiger partial charge on any atom is -0.316 e. The van der Waals surface area contributed by atoms with Gasteiger partial charge in [0.15, 0.2) is 0 Å². The summed E-state index contributed by atoms with van der Waals surface area (Å²) in [6.07, 6.45) is 7.02. The molecule has 0 saturated carbocycles.